The van der Waals surface area contributed by atoms with Gasteiger partial charge in [0.1, 0.15) is 0 Å². The molecule has 0 amide bonds. The molecular weight excluding hydrogens is 340 g/mol. The zero-order valence-electron chi connectivity index (χ0n) is 16.0. The third-order valence-electron chi connectivity index (χ3n) is 5.19. The van der Waals surface area contributed by atoms with Gasteiger partial charge in [-0.3, -0.25) is 0 Å². The number of aliphatic hydroxyl groups excluding tert-OH is 1. The standard InChI is InChI=1S/C27H24O/c1-2-25(28)24-19-18-23(20-12-6-3-7-13-20)26(21-14-8-4-9-15-21)27(24)22-16-10-5-11-17-22/h3-19,25,28H,2H2,1H3/t25-/m0/s1. The van der Waals surface area contributed by atoms with Crippen LogP contribution in [-0.4, -0.2) is 5.11 Å². The molecule has 1 N–H and O–H groups in total. The predicted octanol–water partition coefficient (Wildman–Crippen LogP) is 7.13. The molecule has 0 bridgehead atoms. The van der Waals surface area contributed by atoms with E-state index in [1.54, 1.807) is 0 Å². The van der Waals surface area contributed by atoms with Crippen molar-refractivity contribution >= 4 is 0 Å². The van der Waals surface area contributed by atoms with Gasteiger partial charge in [0.15, 0.2) is 0 Å². The van der Waals surface area contributed by atoms with E-state index in [0.717, 1.165) is 22.3 Å². The van der Waals surface area contributed by atoms with Crippen molar-refractivity contribution in [1.82, 2.24) is 0 Å². The summed E-state index contributed by atoms with van der Waals surface area (Å²) in [5.41, 5.74) is 7.90. The van der Waals surface area contributed by atoms with Crippen LogP contribution in [0.25, 0.3) is 33.4 Å². The zero-order valence-corrected chi connectivity index (χ0v) is 16.0. The fourth-order valence-electron chi connectivity index (χ4n) is 3.80. The Morgan fingerprint density at radius 1 is 0.571 bits per heavy atom. The lowest BCUT2D eigenvalue weighted by Gasteiger charge is -2.22. The fraction of sp³-hybridized carbons (Fsp3) is 0.111. The highest BCUT2D eigenvalue weighted by atomic mass is 16.3. The molecule has 1 heteroatoms. The maximum absolute atomic E-state index is 10.8. The smallest absolute Gasteiger partial charge is 0.0793 e. The van der Waals surface area contributed by atoms with Crippen molar-refractivity contribution in [3.05, 3.63) is 109 Å². The van der Waals surface area contributed by atoms with Crippen LogP contribution in [0.1, 0.15) is 25.0 Å². The van der Waals surface area contributed by atoms with E-state index in [2.05, 4.69) is 84.9 Å². The first kappa shape index (κ1) is 18.2. The number of benzene rings is 4. The van der Waals surface area contributed by atoms with Gasteiger partial charge in [-0.2, -0.15) is 0 Å². The minimum Gasteiger partial charge on any atom is -0.388 e. The van der Waals surface area contributed by atoms with Crippen molar-refractivity contribution in [1.29, 1.82) is 0 Å². The molecule has 0 heterocycles. The molecule has 0 aliphatic heterocycles. The lowest BCUT2D eigenvalue weighted by Crippen LogP contribution is -2.02. The van der Waals surface area contributed by atoms with Gasteiger partial charge in [-0.25, -0.2) is 0 Å². The maximum Gasteiger partial charge on any atom is 0.0793 e. The molecule has 0 spiro atoms. The number of hydrogen-bond acceptors (Lipinski definition) is 1. The normalized spacial score (nSPS) is 11.9. The van der Waals surface area contributed by atoms with Crippen LogP contribution in [0.4, 0.5) is 0 Å². The van der Waals surface area contributed by atoms with Gasteiger partial charge in [-0.05, 0) is 45.4 Å². The van der Waals surface area contributed by atoms with E-state index in [1.807, 2.05) is 25.1 Å². The molecule has 4 rings (SSSR count). The summed E-state index contributed by atoms with van der Waals surface area (Å²) < 4.78 is 0. The lowest BCUT2D eigenvalue weighted by molar-refractivity contribution is 0.174. The minimum absolute atomic E-state index is 0.498. The summed E-state index contributed by atoms with van der Waals surface area (Å²) in [6.45, 7) is 2.02. The van der Waals surface area contributed by atoms with Gasteiger partial charge < -0.3 is 5.11 Å². The Bertz CT molecular complexity index is 1040. The van der Waals surface area contributed by atoms with Crippen LogP contribution in [0.5, 0.6) is 0 Å². The topological polar surface area (TPSA) is 20.2 Å². The second kappa shape index (κ2) is 8.24. The monoisotopic (exact) mass is 364 g/mol. The lowest BCUT2D eigenvalue weighted by atomic mass is 9.83. The van der Waals surface area contributed by atoms with Crippen molar-refractivity contribution in [2.75, 3.05) is 0 Å². The highest BCUT2D eigenvalue weighted by Gasteiger charge is 2.20. The molecule has 28 heavy (non-hydrogen) atoms. The first-order chi connectivity index (χ1) is 13.8. The van der Waals surface area contributed by atoms with Crippen molar-refractivity contribution in [3.63, 3.8) is 0 Å². The average Bonchev–Trinajstić information content (AvgIpc) is 2.79. The van der Waals surface area contributed by atoms with Gasteiger partial charge >= 0.3 is 0 Å². The van der Waals surface area contributed by atoms with E-state index < -0.39 is 6.10 Å². The van der Waals surface area contributed by atoms with Crippen LogP contribution in [0.15, 0.2) is 103 Å². The summed E-state index contributed by atoms with van der Waals surface area (Å²) in [5.74, 6) is 0. The Labute approximate surface area is 166 Å². The van der Waals surface area contributed by atoms with E-state index in [-0.39, 0.29) is 0 Å². The molecule has 138 valence electrons. The van der Waals surface area contributed by atoms with Crippen molar-refractivity contribution < 1.29 is 5.11 Å². The molecule has 1 atom stereocenters. The Morgan fingerprint density at radius 3 is 1.54 bits per heavy atom. The van der Waals surface area contributed by atoms with E-state index in [0.29, 0.717) is 6.42 Å². The average molecular weight is 364 g/mol. The Balaban J connectivity index is 2.10. The molecule has 0 saturated heterocycles. The summed E-state index contributed by atoms with van der Waals surface area (Å²) in [6, 6.07) is 35.6. The summed E-state index contributed by atoms with van der Waals surface area (Å²) >= 11 is 0. The van der Waals surface area contributed by atoms with Crippen LogP contribution < -0.4 is 0 Å². The number of aliphatic hydroxyl groups is 1. The molecule has 0 aromatic heterocycles. The first-order valence-corrected chi connectivity index (χ1v) is 9.80. The molecule has 0 saturated carbocycles. The molecule has 4 aromatic carbocycles. The SMILES string of the molecule is CC[C@H](O)c1ccc(-c2ccccc2)c(-c2ccccc2)c1-c1ccccc1. The van der Waals surface area contributed by atoms with Crippen molar-refractivity contribution in [2.45, 2.75) is 19.4 Å². The second-order valence-corrected chi connectivity index (χ2v) is 6.97. The summed E-state index contributed by atoms with van der Waals surface area (Å²) in [7, 11) is 0. The van der Waals surface area contributed by atoms with Crippen LogP contribution in [0.3, 0.4) is 0 Å². The second-order valence-electron chi connectivity index (χ2n) is 6.97. The van der Waals surface area contributed by atoms with E-state index in [9.17, 15) is 5.11 Å². The first-order valence-electron chi connectivity index (χ1n) is 9.80. The van der Waals surface area contributed by atoms with E-state index in [4.69, 9.17) is 0 Å². The maximum atomic E-state index is 10.8. The van der Waals surface area contributed by atoms with E-state index in [1.165, 1.54) is 16.7 Å². The highest BCUT2D eigenvalue weighted by Crippen LogP contribution is 2.44. The van der Waals surface area contributed by atoms with Gasteiger partial charge in [0.2, 0.25) is 0 Å². The Morgan fingerprint density at radius 2 is 1.04 bits per heavy atom. The van der Waals surface area contributed by atoms with Gasteiger partial charge in [0.25, 0.3) is 0 Å². The summed E-state index contributed by atoms with van der Waals surface area (Å²) in [5, 5.41) is 10.8. The highest BCUT2D eigenvalue weighted by molar-refractivity contribution is 5.96. The molecule has 0 aliphatic carbocycles. The molecule has 4 aromatic rings. The third kappa shape index (κ3) is 3.49. The van der Waals surface area contributed by atoms with Gasteiger partial charge in [0, 0.05) is 0 Å². The number of hydrogen-bond donors (Lipinski definition) is 1. The van der Waals surface area contributed by atoms with E-state index >= 15 is 0 Å². The minimum atomic E-state index is -0.498. The van der Waals surface area contributed by atoms with Crippen LogP contribution in [0, 0.1) is 0 Å². The third-order valence-corrected chi connectivity index (χ3v) is 5.19. The Hall–Kier alpha value is -3.16. The summed E-state index contributed by atoms with van der Waals surface area (Å²) in [6.07, 6.45) is 0.182. The molecule has 0 unspecified atom stereocenters. The molecule has 0 radical (unpaired) electrons. The van der Waals surface area contributed by atoms with Gasteiger partial charge in [-0.15, -0.1) is 0 Å². The van der Waals surface area contributed by atoms with Crippen LogP contribution in [-0.2, 0) is 0 Å². The molecular formula is C27H24O. The quantitative estimate of drug-likeness (QED) is 0.399. The van der Waals surface area contributed by atoms with Crippen LogP contribution >= 0.6 is 0 Å². The van der Waals surface area contributed by atoms with Gasteiger partial charge in [0.05, 0.1) is 6.10 Å². The Kier molecular flexibility index (Phi) is 5.36. The summed E-state index contributed by atoms with van der Waals surface area (Å²) in [4.78, 5) is 0. The fourth-order valence-corrected chi connectivity index (χ4v) is 3.80. The van der Waals surface area contributed by atoms with Crippen LogP contribution in [0.2, 0.25) is 0 Å². The predicted molar refractivity (Wildman–Crippen MR) is 118 cm³/mol. The number of rotatable bonds is 5. The molecule has 1 nitrogen and oxygen atoms in total. The molecule has 0 fully saturated rings. The van der Waals surface area contributed by atoms with Crippen molar-refractivity contribution in [3.8, 4) is 33.4 Å². The van der Waals surface area contributed by atoms with Crippen molar-refractivity contribution in [2.24, 2.45) is 0 Å². The zero-order chi connectivity index (χ0) is 19.3. The molecule has 0 aliphatic rings. The van der Waals surface area contributed by atoms with Gasteiger partial charge in [-0.1, -0.05) is 110 Å². The largest absolute Gasteiger partial charge is 0.388 e.